The molecule has 33 heavy (non-hydrogen) atoms. The van der Waals surface area contributed by atoms with E-state index in [0.717, 1.165) is 5.39 Å². The number of fused-ring (bicyclic) bond motifs is 1. The second kappa shape index (κ2) is 10.7. The second-order valence-corrected chi connectivity index (χ2v) is 7.90. The Morgan fingerprint density at radius 2 is 1.70 bits per heavy atom. The van der Waals surface area contributed by atoms with Crippen molar-refractivity contribution in [3.8, 4) is 17.9 Å². The number of nitrogens with zero attached hydrogens (tertiary/aromatic N) is 4. The molecule has 0 bridgehead atoms. The van der Waals surface area contributed by atoms with Crippen molar-refractivity contribution in [2.45, 2.75) is 26.2 Å². The van der Waals surface area contributed by atoms with Gasteiger partial charge in [0.25, 0.3) is 5.91 Å². The molecule has 0 saturated heterocycles. The van der Waals surface area contributed by atoms with Crippen LogP contribution in [0.5, 0.6) is 5.75 Å². The first-order chi connectivity index (χ1) is 15.9. The number of aromatic nitrogens is 1. The second-order valence-electron chi connectivity index (χ2n) is 7.47. The summed E-state index contributed by atoms with van der Waals surface area (Å²) in [6, 6.07) is 16.1. The van der Waals surface area contributed by atoms with E-state index in [-0.39, 0.29) is 44.2 Å². The summed E-state index contributed by atoms with van der Waals surface area (Å²) >= 11 is 5.97. The zero-order valence-electron chi connectivity index (χ0n) is 18.5. The van der Waals surface area contributed by atoms with Crippen LogP contribution >= 0.6 is 11.6 Å². The highest BCUT2D eigenvalue weighted by Gasteiger charge is 2.24. The van der Waals surface area contributed by atoms with E-state index in [0.29, 0.717) is 33.1 Å². The fourth-order valence-corrected chi connectivity index (χ4v) is 3.92. The van der Waals surface area contributed by atoms with Crippen molar-refractivity contribution in [1.29, 1.82) is 10.5 Å². The lowest BCUT2D eigenvalue weighted by Gasteiger charge is -2.20. The number of nitriles is 2. The Bertz CT molecular complexity index is 1250. The van der Waals surface area contributed by atoms with Crippen molar-refractivity contribution in [3.05, 3.63) is 64.3 Å². The van der Waals surface area contributed by atoms with Crippen LogP contribution < -0.4 is 4.74 Å². The molecular weight excluding hydrogens is 440 g/mol. The fraction of sp³-hybridized carbons (Fsp3) is 0.280. The van der Waals surface area contributed by atoms with Gasteiger partial charge in [0.1, 0.15) is 5.75 Å². The van der Waals surface area contributed by atoms with E-state index in [4.69, 9.17) is 26.9 Å². The lowest BCUT2D eigenvalue weighted by atomic mass is 10.1. The molecule has 3 rings (SSSR count). The van der Waals surface area contributed by atoms with Crippen LogP contribution in [0.15, 0.2) is 42.5 Å². The van der Waals surface area contributed by atoms with Crippen molar-refractivity contribution < 1.29 is 14.3 Å². The molecule has 0 N–H and O–H groups in total. The third kappa shape index (κ3) is 5.16. The molecule has 0 radical (unpaired) electrons. The molecule has 0 aliphatic carbocycles. The molecule has 0 atom stereocenters. The van der Waals surface area contributed by atoms with Gasteiger partial charge in [0.05, 0.1) is 44.0 Å². The van der Waals surface area contributed by atoms with Gasteiger partial charge in [-0.05, 0) is 55.0 Å². The van der Waals surface area contributed by atoms with Crippen LogP contribution in [0.25, 0.3) is 10.9 Å². The Balaban J connectivity index is 2.07. The van der Waals surface area contributed by atoms with E-state index in [1.54, 1.807) is 55.0 Å². The highest BCUT2D eigenvalue weighted by Crippen LogP contribution is 2.31. The summed E-state index contributed by atoms with van der Waals surface area (Å²) in [6.07, 6.45) is 0.398. The summed E-state index contributed by atoms with van der Waals surface area (Å²) in [5.41, 5.74) is 2.48. The van der Waals surface area contributed by atoms with E-state index < -0.39 is 0 Å². The van der Waals surface area contributed by atoms with Crippen molar-refractivity contribution in [3.63, 3.8) is 0 Å². The molecule has 1 amide bonds. The minimum absolute atomic E-state index is 0.0350. The molecule has 1 aromatic heterocycles. The molecule has 7 nitrogen and oxygen atoms in total. The van der Waals surface area contributed by atoms with Crippen LogP contribution in [-0.2, 0) is 11.2 Å². The van der Waals surface area contributed by atoms with Crippen LogP contribution in [-0.4, -0.2) is 41.5 Å². The molecule has 3 aromatic rings. The number of carbonyl (C=O) groups is 2. The number of hydrogen-bond donors (Lipinski definition) is 0. The van der Waals surface area contributed by atoms with Crippen LogP contribution in [0.1, 0.15) is 34.5 Å². The minimum Gasteiger partial charge on any atom is -0.497 e. The van der Waals surface area contributed by atoms with Crippen molar-refractivity contribution >= 4 is 34.3 Å². The number of halogens is 1. The molecule has 0 aliphatic heterocycles. The van der Waals surface area contributed by atoms with Crippen molar-refractivity contribution in [1.82, 2.24) is 9.47 Å². The first kappa shape index (κ1) is 23.8. The predicted octanol–water partition coefficient (Wildman–Crippen LogP) is 4.50. The molecule has 0 spiro atoms. The molecular formula is C25H23ClN4O3. The molecule has 168 valence electrons. The number of methoxy groups -OCH3 is 1. The third-order valence-corrected chi connectivity index (χ3v) is 5.76. The molecule has 0 fully saturated rings. The number of benzene rings is 2. The average Bonchev–Trinajstić information content (AvgIpc) is 3.09. The fourth-order valence-electron chi connectivity index (χ4n) is 3.79. The monoisotopic (exact) mass is 462 g/mol. The van der Waals surface area contributed by atoms with Crippen molar-refractivity contribution in [2.75, 3.05) is 20.2 Å². The van der Waals surface area contributed by atoms with Gasteiger partial charge < -0.3 is 9.64 Å². The Morgan fingerprint density at radius 3 is 2.27 bits per heavy atom. The maximum atomic E-state index is 13.4. The molecule has 0 unspecified atom stereocenters. The highest BCUT2D eigenvalue weighted by molar-refractivity contribution is 6.30. The zero-order valence-corrected chi connectivity index (χ0v) is 19.2. The Morgan fingerprint density at radius 1 is 1.06 bits per heavy atom. The van der Waals surface area contributed by atoms with Crippen LogP contribution in [0, 0.1) is 29.6 Å². The Labute approximate surface area is 197 Å². The van der Waals surface area contributed by atoms with Crippen molar-refractivity contribution in [2.24, 2.45) is 0 Å². The van der Waals surface area contributed by atoms with Gasteiger partial charge in [-0.1, -0.05) is 11.6 Å². The number of ether oxygens (including phenoxy) is 1. The molecule has 2 aromatic carbocycles. The van der Waals surface area contributed by atoms with Gasteiger partial charge in [-0.2, -0.15) is 10.5 Å². The van der Waals surface area contributed by atoms with Gasteiger partial charge in [0.2, 0.25) is 5.91 Å². The van der Waals surface area contributed by atoms with Gasteiger partial charge >= 0.3 is 0 Å². The molecule has 0 saturated carbocycles. The summed E-state index contributed by atoms with van der Waals surface area (Å²) < 4.78 is 6.96. The first-order valence-corrected chi connectivity index (χ1v) is 10.8. The van der Waals surface area contributed by atoms with Gasteiger partial charge in [-0.3, -0.25) is 14.2 Å². The van der Waals surface area contributed by atoms with Crippen LogP contribution in [0.2, 0.25) is 5.02 Å². The predicted molar refractivity (Wildman–Crippen MR) is 125 cm³/mol. The van der Waals surface area contributed by atoms with E-state index in [1.807, 2.05) is 18.2 Å². The Kier molecular flexibility index (Phi) is 7.71. The quantitative estimate of drug-likeness (QED) is 0.490. The van der Waals surface area contributed by atoms with Gasteiger partial charge in [-0.25, -0.2) is 0 Å². The average molecular weight is 463 g/mol. The Hall–Kier alpha value is -3.81. The van der Waals surface area contributed by atoms with Gasteiger partial charge in [0.15, 0.2) is 0 Å². The lowest BCUT2D eigenvalue weighted by Crippen LogP contribution is -2.34. The summed E-state index contributed by atoms with van der Waals surface area (Å²) in [4.78, 5) is 28.0. The zero-order chi connectivity index (χ0) is 24.0. The summed E-state index contributed by atoms with van der Waals surface area (Å²) in [5, 5.41) is 19.1. The molecule has 8 heteroatoms. The molecule has 1 heterocycles. The lowest BCUT2D eigenvalue weighted by molar-refractivity contribution is -0.130. The summed E-state index contributed by atoms with van der Waals surface area (Å²) in [6.45, 7) is 2.31. The number of hydrogen-bond acceptors (Lipinski definition) is 5. The topological polar surface area (TPSA) is 99.1 Å². The largest absolute Gasteiger partial charge is 0.497 e. The smallest absolute Gasteiger partial charge is 0.262 e. The number of rotatable bonds is 8. The van der Waals surface area contributed by atoms with E-state index >= 15 is 0 Å². The number of carbonyl (C=O) groups excluding carboxylic acids is 2. The SMILES string of the molecule is COc1ccc2c(c1)c(CC(=O)N(CCC#N)CCC#N)c(C)n2C(=O)c1ccc(Cl)cc1. The van der Waals surface area contributed by atoms with E-state index in [2.05, 4.69) is 0 Å². The third-order valence-electron chi connectivity index (χ3n) is 5.50. The number of amides is 1. The maximum Gasteiger partial charge on any atom is 0.262 e. The van der Waals surface area contributed by atoms with Gasteiger partial charge in [0, 0.05) is 34.8 Å². The summed E-state index contributed by atoms with van der Waals surface area (Å²) in [5.74, 6) is 0.173. The standard InChI is InChI=1S/C25H23ClN4O3/c1-17-21(16-24(31)29(13-3-11-27)14-4-12-28)22-15-20(33-2)9-10-23(22)30(17)25(32)18-5-7-19(26)8-6-18/h5-10,15H,3-4,13-14,16H2,1-2H3. The van der Waals surface area contributed by atoms with Crippen LogP contribution in [0.4, 0.5) is 0 Å². The van der Waals surface area contributed by atoms with E-state index in [1.165, 1.54) is 4.90 Å². The molecule has 0 aliphatic rings. The van der Waals surface area contributed by atoms with Gasteiger partial charge in [-0.15, -0.1) is 0 Å². The first-order valence-electron chi connectivity index (χ1n) is 10.4. The minimum atomic E-state index is -0.233. The normalized spacial score (nSPS) is 10.5. The maximum absolute atomic E-state index is 13.4. The van der Waals surface area contributed by atoms with E-state index in [9.17, 15) is 9.59 Å². The summed E-state index contributed by atoms with van der Waals surface area (Å²) in [7, 11) is 1.56. The highest BCUT2D eigenvalue weighted by atomic mass is 35.5. The van der Waals surface area contributed by atoms with Crippen LogP contribution in [0.3, 0.4) is 0 Å².